The molecular formula is C8H12N2O. The summed E-state index contributed by atoms with van der Waals surface area (Å²) in [6, 6.07) is 1.82. The van der Waals surface area contributed by atoms with E-state index in [1.165, 1.54) is 0 Å². The van der Waals surface area contributed by atoms with E-state index in [0.717, 1.165) is 11.4 Å². The normalized spacial score (nSPS) is 10.1. The van der Waals surface area contributed by atoms with Crippen molar-refractivity contribution in [2.75, 3.05) is 6.54 Å². The molecular weight excluding hydrogens is 140 g/mol. The molecule has 0 bridgehead atoms. The van der Waals surface area contributed by atoms with Gasteiger partial charge in [-0.25, -0.2) is 0 Å². The molecule has 0 saturated heterocycles. The number of aromatic nitrogens is 1. The molecule has 60 valence electrons. The zero-order valence-electron chi connectivity index (χ0n) is 6.77. The lowest BCUT2D eigenvalue weighted by atomic mass is 10.1. The number of ketones is 1. The number of carbonyl (C=O) groups excluding carboxylic acids is 1. The second-order valence-electron chi connectivity index (χ2n) is 2.62. The predicted molar refractivity (Wildman–Crippen MR) is 43.7 cm³/mol. The average Bonchev–Trinajstić information content (AvgIpc) is 2.28. The van der Waals surface area contributed by atoms with Crippen molar-refractivity contribution in [3.8, 4) is 0 Å². The summed E-state index contributed by atoms with van der Waals surface area (Å²) in [6.07, 6.45) is 0. The van der Waals surface area contributed by atoms with E-state index in [9.17, 15) is 4.79 Å². The zero-order chi connectivity index (χ0) is 8.43. The van der Waals surface area contributed by atoms with Gasteiger partial charge in [-0.3, -0.25) is 4.79 Å². The fraction of sp³-hybridized carbons (Fsp3) is 0.375. The highest BCUT2D eigenvalue weighted by atomic mass is 16.1. The van der Waals surface area contributed by atoms with Gasteiger partial charge in [0.15, 0.2) is 5.78 Å². The van der Waals surface area contributed by atoms with Gasteiger partial charge < -0.3 is 10.7 Å². The van der Waals surface area contributed by atoms with Crippen molar-refractivity contribution in [1.82, 2.24) is 4.98 Å². The van der Waals surface area contributed by atoms with Crippen LogP contribution in [0.25, 0.3) is 0 Å². The number of hydrogen-bond acceptors (Lipinski definition) is 2. The summed E-state index contributed by atoms with van der Waals surface area (Å²) in [7, 11) is 0. The molecule has 1 aromatic rings. The average molecular weight is 152 g/mol. The molecule has 1 aromatic heterocycles. The second-order valence-corrected chi connectivity index (χ2v) is 2.62. The van der Waals surface area contributed by atoms with E-state index in [-0.39, 0.29) is 12.3 Å². The minimum Gasteiger partial charge on any atom is -0.362 e. The van der Waals surface area contributed by atoms with E-state index >= 15 is 0 Å². The highest BCUT2D eigenvalue weighted by Gasteiger charge is 2.08. The number of carbonyl (C=O) groups is 1. The van der Waals surface area contributed by atoms with Gasteiger partial charge in [-0.1, -0.05) is 0 Å². The minimum atomic E-state index is -0.00755. The molecule has 0 aliphatic heterocycles. The van der Waals surface area contributed by atoms with E-state index in [0.29, 0.717) is 5.56 Å². The molecule has 3 heteroatoms. The number of rotatable bonds is 2. The smallest absolute Gasteiger partial charge is 0.178 e. The summed E-state index contributed by atoms with van der Waals surface area (Å²) in [5.74, 6) is -0.00755. The number of Topliss-reactive ketones (excluding diaryl/α,β-unsaturated/α-hetero) is 1. The summed E-state index contributed by atoms with van der Waals surface area (Å²) in [4.78, 5) is 14.1. The Morgan fingerprint density at radius 3 is 2.64 bits per heavy atom. The van der Waals surface area contributed by atoms with Crippen molar-refractivity contribution in [3.63, 3.8) is 0 Å². The molecule has 0 unspecified atom stereocenters. The van der Waals surface area contributed by atoms with Crippen LogP contribution in [-0.4, -0.2) is 17.3 Å². The van der Waals surface area contributed by atoms with Gasteiger partial charge in [0.2, 0.25) is 0 Å². The van der Waals surface area contributed by atoms with Crippen LogP contribution in [-0.2, 0) is 0 Å². The van der Waals surface area contributed by atoms with E-state index < -0.39 is 0 Å². The van der Waals surface area contributed by atoms with Crippen molar-refractivity contribution in [3.05, 3.63) is 23.0 Å². The monoisotopic (exact) mass is 152 g/mol. The van der Waals surface area contributed by atoms with E-state index in [2.05, 4.69) is 4.98 Å². The van der Waals surface area contributed by atoms with Gasteiger partial charge in [0.25, 0.3) is 0 Å². The van der Waals surface area contributed by atoms with Crippen LogP contribution in [0.5, 0.6) is 0 Å². The van der Waals surface area contributed by atoms with Crippen molar-refractivity contribution < 1.29 is 4.79 Å². The third kappa shape index (κ3) is 1.49. The summed E-state index contributed by atoms with van der Waals surface area (Å²) >= 11 is 0. The van der Waals surface area contributed by atoms with Gasteiger partial charge in [-0.05, 0) is 19.9 Å². The second kappa shape index (κ2) is 2.88. The molecule has 0 aliphatic rings. The van der Waals surface area contributed by atoms with E-state index in [1.54, 1.807) is 0 Å². The van der Waals surface area contributed by atoms with Crippen molar-refractivity contribution in [2.45, 2.75) is 13.8 Å². The first-order valence-electron chi connectivity index (χ1n) is 3.54. The Morgan fingerprint density at radius 2 is 2.27 bits per heavy atom. The van der Waals surface area contributed by atoms with Crippen molar-refractivity contribution in [2.24, 2.45) is 5.73 Å². The van der Waals surface area contributed by atoms with Gasteiger partial charge >= 0.3 is 0 Å². The highest BCUT2D eigenvalue weighted by Crippen LogP contribution is 2.08. The van der Waals surface area contributed by atoms with Crippen LogP contribution >= 0.6 is 0 Å². The maximum atomic E-state index is 11.1. The summed E-state index contributed by atoms with van der Waals surface area (Å²) in [5.41, 5.74) is 7.83. The molecule has 0 spiro atoms. The Hall–Kier alpha value is -1.09. The standard InChI is InChI=1S/C8H12N2O/c1-5-3-7(6(2)10-5)8(11)4-9/h3,10H,4,9H2,1-2H3. The number of aromatic amines is 1. The third-order valence-corrected chi connectivity index (χ3v) is 1.64. The molecule has 0 fully saturated rings. The maximum absolute atomic E-state index is 11.1. The Labute approximate surface area is 65.6 Å². The topological polar surface area (TPSA) is 58.9 Å². The van der Waals surface area contributed by atoms with Crippen LogP contribution in [0.4, 0.5) is 0 Å². The third-order valence-electron chi connectivity index (χ3n) is 1.64. The lowest BCUT2D eigenvalue weighted by molar-refractivity contribution is 0.100. The number of aryl methyl sites for hydroxylation is 2. The first kappa shape index (κ1) is 8.01. The van der Waals surface area contributed by atoms with Crippen molar-refractivity contribution in [1.29, 1.82) is 0 Å². The quantitative estimate of drug-likeness (QED) is 0.615. The first-order valence-corrected chi connectivity index (χ1v) is 3.54. The van der Waals surface area contributed by atoms with E-state index in [1.807, 2.05) is 19.9 Å². The molecule has 3 N–H and O–H groups in total. The van der Waals surface area contributed by atoms with Crippen LogP contribution in [0, 0.1) is 13.8 Å². The zero-order valence-corrected chi connectivity index (χ0v) is 6.77. The lowest BCUT2D eigenvalue weighted by Crippen LogP contribution is -2.13. The molecule has 1 rings (SSSR count). The SMILES string of the molecule is Cc1cc(C(=O)CN)c(C)[nH]1. The summed E-state index contributed by atoms with van der Waals surface area (Å²) in [5, 5.41) is 0. The van der Waals surface area contributed by atoms with Gasteiger partial charge in [0.05, 0.1) is 6.54 Å². The fourth-order valence-electron chi connectivity index (χ4n) is 1.12. The lowest BCUT2D eigenvalue weighted by Gasteiger charge is -1.92. The summed E-state index contributed by atoms with van der Waals surface area (Å²) < 4.78 is 0. The van der Waals surface area contributed by atoms with Crippen LogP contribution in [0.2, 0.25) is 0 Å². The van der Waals surface area contributed by atoms with Crippen LogP contribution < -0.4 is 5.73 Å². The number of nitrogens with two attached hydrogens (primary N) is 1. The van der Waals surface area contributed by atoms with Crippen LogP contribution in [0.1, 0.15) is 21.7 Å². The molecule has 1 heterocycles. The Bertz CT molecular complexity index is 276. The van der Waals surface area contributed by atoms with Gasteiger partial charge in [0.1, 0.15) is 0 Å². The van der Waals surface area contributed by atoms with Crippen LogP contribution in [0.3, 0.4) is 0 Å². The predicted octanol–water partition coefficient (Wildman–Crippen LogP) is 0.773. The fourth-order valence-corrected chi connectivity index (χ4v) is 1.12. The van der Waals surface area contributed by atoms with Gasteiger partial charge in [-0.15, -0.1) is 0 Å². The Morgan fingerprint density at radius 1 is 1.64 bits per heavy atom. The number of nitrogens with one attached hydrogen (secondary N) is 1. The molecule has 3 nitrogen and oxygen atoms in total. The molecule has 11 heavy (non-hydrogen) atoms. The van der Waals surface area contributed by atoms with Gasteiger partial charge in [-0.2, -0.15) is 0 Å². The molecule has 0 aliphatic carbocycles. The van der Waals surface area contributed by atoms with Gasteiger partial charge in [0, 0.05) is 17.0 Å². The Balaban J connectivity index is 3.03. The highest BCUT2D eigenvalue weighted by molar-refractivity contribution is 5.98. The molecule has 0 aromatic carbocycles. The number of hydrogen-bond donors (Lipinski definition) is 2. The molecule has 0 saturated carbocycles. The first-order chi connectivity index (χ1) is 5.15. The number of H-pyrrole nitrogens is 1. The minimum absolute atomic E-state index is 0.00755. The van der Waals surface area contributed by atoms with Crippen LogP contribution in [0.15, 0.2) is 6.07 Å². The Kier molecular flexibility index (Phi) is 2.10. The summed E-state index contributed by atoms with van der Waals surface area (Å²) in [6.45, 7) is 3.87. The van der Waals surface area contributed by atoms with E-state index in [4.69, 9.17) is 5.73 Å². The molecule has 0 amide bonds. The molecule has 0 radical (unpaired) electrons. The molecule has 0 atom stereocenters. The largest absolute Gasteiger partial charge is 0.362 e. The maximum Gasteiger partial charge on any atom is 0.178 e. The van der Waals surface area contributed by atoms with Crippen molar-refractivity contribution >= 4 is 5.78 Å².